The summed E-state index contributed by atoms with van der Waals surface area (Å²) in [5, 5.41) is 8.37. The molecule has 6 rings (SSSR count). The fraction of sp³-hybridized carbons (Fsp3) is 0.318. The number of fused-ring (bicyclic) bond motifs is 3. The molecule has 1 aromatic carbocycles. The molecule has 0 atom stereocenters. The third-order valence-electron chi connectivity index (χ3n) is 6.36. The van der Waals surface area contributed by atoms with Gasteiger partial charge in [0, 0.05) is 30.3 Å². The summed E-state index contributed by atoms with van der Waals surface area (Å²) in [6, 6.07) is 7.10. The lowest BCUT2D eigenvalue weighted by atomic mass is 10.2. The Kier molecular flexibility index (Phi) is 4.54. The molecule has 11 heteroatoms. The van der Waals surface area contributed by atoms with Crippen molar-refractivity contribution >= 4 is 15.7 Å². The van der Waals surface area contributed by atoms with E-state index in [0.717, 1.165) is 35.7 Å². The maximum atomic E-state index is 11.8. The zero-order valence-electron chi connectivity index (χ0n) is 18.0. The number of imidazole rings is 1. The molecule has 2 aliphatic rings. The summed E-state index contributed by atoms with van der Waals surface area (Å²) >= 11 is 0. The predicted molar refractivity (Wildman–Crippen MR) is 121 cm³/mol. The fourth-order valence-electron chi connectivity index (χ4n) is 4.70. The Morgan fingerprint density at radius 2 is 1.82 bits per heavy atom. The molecule has 0 unspecified atom stereocenters. The minimum absolute atomic E-state index is 0.270. The molecule has 1 fully saturated rings. The lowest BCUT2D eigenvalue weighted by Gasteiger charge is -2.34. The van der Waals surface area contributed by atoms with E-state index in [0.29, 0.717) is 24.4 Å². The van der Waals surface area contributed by atoms with Crippen molar-refractivity contribution in [3.63, 3.8) is 0 Å². The van der Waals surface area contributed by atoms with Gasteiger partial charge in [-0.05, 0) is 37.1 Å². The van der Waals surface area contributed by atoms with E-state index in [-0.39, 0.29) is 4.90 Å². The lowest BCUT2D eigenvalue weighted by Crippen LogP contribution is -2.38. The quantitative estimate of drug-likeness (QED) is 0.455. The second kappa shape index (κ2) is 7.48. The topological polar surface area (TPSA) is 112 Å². The minimum atomic E-state index is -3.26. The van der Waals surface area contributed by atoms with E-state index in [1.165, 1.54) is 19.1 Å². The molecule has 168 valence electrons. The molecule has 0 amide bonds. The molecule has 0 spiro atoms. The number of anilines is 1. The molecule has 0 saturated heterocycles. The van der Waals surface area contributed by atoms with Crippen LogP contribution in [0, 0.1) is 0 Å². The fourth-order valence-corrected chi connectivity index (χ4v) is 5.33. The van der Waals surface area contributed by atoms with Crippen LogP contribution in [0.3, 0.4) is 0 Å². The van der Waals surface area contributed by atoms with Crippen LogP contribution in [-0.2, 0) is 16.4 Å². The largest absolute Gasteiger partial charge is 0.344 e. The third kappa shape index (κ3) is 3.39. The molecule has 3 aromatic heterocycles. The summed E-state index contributed by atoms with van der Waals surface area (Å²) in [6.07, 6.45) is 12.9. The smallest absolute Gasteiger partial charge is 0.237 e. The van der Waals surface area contributed by atoms with E-state index in [1.54, 1.807) is 36.8 Å². The highest BCUT2D eigenvalue weighted by atomic mass is 32.2. The van der Waals surface area contributed by atoms with Crippen LogP contribution in [-0.4, -0.2) is 55.0 Å². The minimum Gasteiger partial charge on any atom is -0.344 e. The van der Waals surface area contributed by atoms with Gasteiger partial charge in [-0.2, -0.15) is 4.98 Å². The number of aromatic nitrogens is 7. The number of hydrogen-bond acceptors (Lipinski definition) is 8. The normalized spacial score (nSPS) is 16.1. The van der Waals surface area contributed by atoms with Gasteiger partial charge in [0.1, 0.15) is 17.8 Å². The molecule has 0 radical (unpaired) electrons. The van der Waals surface area contributed by atoms with Gasteiger partial charge >= 0.3 is 0 Å². The highest BCUT2D eigenvalue weighted by molar-refractivity contribution is 7.90. The number of hydrogen-bond donors (Lipinski definition) is 0. The summed E-state index contributed by atoms with van der Waals surface area (Å²) < 4.78 is 27.4. The first-order valence-electron chi connectivity index (χ1n) is 10.9. The van der Waals surface area contributed by atoms with E-state index in [4.69, 9.17) is 4.98 Å². The Balaban J connectivity index is 1.43. The number of sulfone groups is 1. The van der Waals surface area contributed by atoms with Crippen LogP contribution in [0.5, 0.6) is 0 Å². The van der Waals surface area contributed by atoms with Gasteiger partial charge in [-0.3, -0.25) is 9.13 Å². The van der Waals surface area contributed by atoms with Crippen molar-refractivity contribution < 1.29 is 8.42 Å². The molecule has 10 nitrogen and oxygen atoms in total. The van der Waals surface area contributed by atoms with E-state index in [2.05, 4.69) is 25.1 Å². The van der Waals surface area contributed by atoms with Crippen LogP contribution in [0.25, 0.3) is 23.0 Å². The van der Waals surface area contributed by atoms with Gasteiger partial charge in [-0.1, -0.05) is 12.8 Å². The van der Waals surface area contributed by atoms with Gasteiger partial charge in [0.15, 0.2) is 21.5 Å². The molecule has 0 N–H and O–H groups in total. The summed E-state index contributed by atoms with van der Waals surface area (Å²) in [4.78, 5) is 16.7. The van der Waals surface area contributed by atoms with Crippen LogP contribution in [0.1, 0.15) is 31.5 Å². The Labute approximate surface area is 190 Å². The Hall–Kier alpha value is -3.60. The van der Waals surface area contributed by atoms with E-state index in [1.807, 2.05) is 21.5 Å². The Morgan fingerprint density at radius 3 is 2.58 bits per heavy atom. The molecule has 1 saturated carbocycles. The summed E-state index contributed by atoms with van der Waals surface area (Å²) in [5.41, 5.74) is 1.65. The van der Waals surface area contributed by atoms with Crippen molar-refractivity contribution in [2.24, 2.45) is 0 Å². The second-order valence-electron chi connectivity index (χ2n) is 8.48. The van der Waals surface area contributed by atoms with Gasteiger partial charge < -0.3 is 4.90 Å². The van der Waals surface area contributed by atoms with Gasteiger partial charge in [0.05, 0.1) is 17.6 Å². The van der Waals surface area contributed by atoms with Gasteiger partial charge in [0.2, 0.25) is 5.95 Å². The lowest BCUT2D eigenvalue weighted by molar-refractivity contribution is 0.566. The Morgan fingerprint density at radius 1 is 1.03 bits per heavy atom. The van der Waals surface area contributed by atoms with Gasteiger partial charge in [-0.15, -0.1) is 10.2 Å². The second-order valence-corrected chi connectivity index (χ2v) is 10.5. The monoisotopic (exact) mass is 462 g/mol. The van der Waals surface area contributed by atoms with Crippen LogP contribution in [0.15, 0.2) is 54.1 Å². The number of nitrogens with zero attached hydrogens (tertiary/aromatic N) is 8. The molecule has 0 bridgehead atoms. The third-order valence-corrected chi connectivity index (χ3v) is 7.49. The molecule has 4 heterocycles. The van der Waals surface area contributed by atoms with E-state index < -0.39 is 9.84 Å². The van der Waals surface area contributed by atoms with Crippen molar-refractivity contribution in [3.05, 3.63) is 55.0 Å². The van der Waals surface area contributed by atoms with Crippen LogP contribution in [0.2, 0.25) is 0 Å². The molecular weight excluding hydrogens is 440 g/mol. The van der Waals surface area contributed by atoms with Gasteiger partial charge in [0.25, 0.3) is 0 Å². The summed E-state index contributed by atoms with van der Waals surface area (Å²) in [6.45, 7) is 0.665. The highest BCUT2D eigenvalue weighted by Crippen LogP contribution is 2.36. The molecule has 4 aromatic rings. The van der Waals surface area contributed by atoms with Crippen LogP contribution in [0.4, 0.5) is 5.82 Å². The van der Waals surface area contributed by atoms with Gasteiger partial charge in [-0.25, -0.2) is 18.4 Å². The first-order chi connectivity index (χ1) is 16.0. The number of rotatable bonds is 4. The first-order valence-corrected chi connectivity index (χ1v) is 12.8. The average Bonchev–Trinajstić information content (AvgIpc) is 3.59. The SMILES string of the molecule is CS(=O)(=O)c1ccc(-c2nccn2-c2ncc3c(n2)N(C2CCCC2)Cc2nncn2-3)cc1. The van der Waals surface area contributed by atoms with Crippen molar-refractivity contribution in [2.75, 3.05) is 11.2 Å². The van der Waals surface area contributed by atoms with Crippen molar-refractivity contribution in [2.45, 2.75) is 43.2 Å². The zero-order valence-corrected chi connectivity index (χ0v) is 18.9. The Bertz CT molecular complexity index is 1440. The van der Waals surface area contributed by atoms with E-state index in [9.17, 15) is 8.42 Å². The molecular formula is C22H22N8O2S. The highest BCUT2D eigenvalue weighted by Gasteiger charge is 2.32. The van der Waals surface area contributed by atoms with Crippen LogP contribution < -0.4 is 4.90 Å². The number of benzene rings is 1. The maximum absolute atomic E-state index is 11.8. The summed E-state index contributed by atoms with van der Waals surface area (Å²) in [5.74, 6) is 2.91. The molecule has 33 heavy (non-hydrogen) atoms. The zero-order chi connectivity index (χ0) is 22.6. The van der Waals surface area contributed by atoms with Crippen molar-refractivity contribution in [3.8, 4) is 23.0 Å². The average molecular weight is 463 g/mol. The van der Waals surface area contributed by atoms with Crippen molar-refractivity contribution in [1.29, 1.82) is 0 Å². The molecule has 1 aliphatic carbocycles. The van der Waals surface area contributed by atoms with Crippen LogP contribution >= 0.6 is 0 Å². The summed E-state index contributed by atoms with van der Waals surface area (Å²) in [7, 11) is -3.26. The van der Waals surface area contributed by atoms with E-state index >= 15 is 0 Å². The van der Waals surface area contributed by atoms with Crippen molar-refractivity contribution in [1.82, 2.24) is 34.3 Å². The predicted octanol–water partition coefficient (Wildman–Crippen LogP) is 2.58. The molecule has 1 aliphatic heterocycles. The maximum Gasteiger partial charge on any atom is 0.237 e. The standard InChI is InChI=1S/C22H22N8O2S/c1-33(31,32)17-8-6-15(7-9-17)20-23-10-11-28(20)22-24-12-18-21(26-22)29(16-4-2-3-5-16)13-19-27-25-14-30(18)19/h6-12,14,16H,2-5,13H2,1H3. The first kappa shape index (κ1) is 20.0.